The minimum Gasteiger partial charge on any atom is -0.457 e. The molecule has 1 aliphatic heterocycles. The van der Waals surface area contributed by atoms with E-state index in [0.717, 1.165) is 44.2 Å². The highest BCUT2D eigenvalue weighted by molar-refractivity contribution is 5.90. The van der Waals surface area contributed by atoms with Crippen LogP contribution in [-0.4, -0.2) is 47.4 Å². The maximum absolute atomic E-state index is 13.9. The summed E-state index contributed by atoms with van der Waals surface area (Å²) in [4.78, 5) is 33.1. The zero-order valence-corrected chi connectivity index (χ0v) is 20.5. The van der Waals surface area contributed by atoms with E-state index in [9.17, 15) is 14.0 Å². The summed E-state index contributed by atoms with van der Waals surface area (Å²) < 4.78 is 19.1. The van der Waals surface area contributed by atoms with Crippen molar-refractivity contribution in [1.29, 1.82) is 0 Å². The number of halogens is 1. The Morgan fingerprint density at radius 3 is 2.51 bits per heavy atom. The van der Waals surface area contributed by atoms with Gasteiger partial charge in [-0.1, -0.05) is 19.3 Å². The molecule has 8 heteroatoms. The normalized spacial score (nSPS) is 20.3. The minimum atomic E-state index is -0.530. The van der Waals surface area contributed by atoms with Crippen molar-refractivity contribution in [1.82, 2.24) is 20.5 Å². The van der Waals surface area contributed by atoms with Gasteiger partial charge < -0.3 is 20.3 Å². The molecule has 2 aromatic rings. The smallest absolute Gasteiger partial charge is 0.246 e. The summed E-state index contributed by atoms with van der Waals surface area (Å²) >= 11 is 0. The molecule has 2 amide bonds. The largest absolute Gasteiger partial charge is 0.457 e. The molecule has 2 heterocycles. The summed E-state index contributed by atoms with van der Waals surface area (Å²) in [5.41, 5.74) is 0.757. The number of nitrogens with zero attached hydrogens (tertiary/aromatic N) is 2. The first-order valence-electron chi connectivity index (χ1n) is 12.6. The third kappa shape index (κ3) is 6.17. The Kier molecular flexibility index (Phi) is 8.33. The van der Waals surface area contributed by atoms with Gasteiger partial charge in [-0.3, -0.25) is 14.6 Å². The summed E-state index contributed by atoms with van der Waals surface area (Å²) in [6.07, 6.45) is 8.58. The lowest BCUT2D eigenvalue weighted by Gasteiger charge is -2.35. The number of carbonyl (C=O) groups excluding carboxylic acids is 2. The van der Waals surface area contributed by atoms with Crippen molar-refractivity contribution in [3.63, 3.8) is 0 Å². The second kappa shape index (κ2) is 11.6. The van der Waals surface area contributed by atoms with Crippen LogP contribution in [0.2, 0.25) is 0 Å². The van der Waals surface area contributed by atoms with E-state index < -0.39 is 6.04 Å². The van der Waals surface area contributed by atoms with Gasteiger partial charge in [0, 0.05) is 18.8 Å². The van der Waals surface area contributed by atoms with E-state index in [4.69, 9.17) is 4.74 Å². The Hall–Kier alpha value is -3.00. The zero-order chi connectivity index (χ0) is 24.8. The number of rotatable bonds is 8. The van der Waals surface area contributed by atoms with Crippen molar-refractivity contribution in [3.05, 3.63) is 54.1 Å². The highest BCUT2D eigenvalue weighted by atomic mass is 19.1. The van der Waals surface area contributed by atoms with Crippen molar-refractivity contribution >= 4 is 11.8 Å². The number of hydrogen-bond donors (Lipinski definition) is 2. The predicted octanol–water partition coefficient (Wildman–Crippen LogP) is 4.35. The van der Waals surface area contributed by atoms with Crippen LogP contribution in [0.5, 0.6) is 11.5 Å². The SMILES string of the molecule is CNC(C)C(=O)NC(C(=O)N1CCC[C@H]1c1cc(Oc2ccc(F)cc2)ccn1)C1CCCCC1. The zero-order valence-electron chi connectivity index (χ0n) is 20.5. The Balaban J connectivity index is 1.53. The molecule has 1 aliphatic carbocycles. The molecule has 35 heavy (non-hydrogen) atoms. The van der Waals surface area contributed by atoms with Gasteiger partial charge in [0.2, 0.25) is 11.8 Å². The molecule has 1 saturated carbocycles. The third-order valence-electron chi connectivity index (χ3n) is 7.19. The summed E-state index contributed by atoms with van der Waals surface area (Å²) in [5.74, 6) is 0.758. The lowest BCUT2D eigenvalue weighted by Crippen LogP contribution is -2.55. The number of hydrogen-bond acceptors (Lipinski definition) is 5. The van der Waals surface area contributed by atoms with Crippen LogP contribution in [0.4, 0.5) is 4.39 Å². The summed E-state index contributed by atoms with van der Waals surface area (Å²) in [7, 11) is 1.74. The van der Waals surface area contributed by atoms with Gasteiger partial charge in [-0.15, -0.1) is 0 Å². The Labute approximate surface area is 206 Å². The molecule has 2 unspecified atom stereocenters. The van der Waals surface area contributed by atoms with Gasteiger partial charge in [0.15, 0.2) is 0 Å². The maximum atomic E-state index is 13.9. The van der Waals surface area contributed by atoms with Crippen molar-refractivity contribution in [2.45, 2.75) is 70.0 Å². The monoisotopic (exact) mass is 482 g/mol. The standard InChI is InChI=1S/C27H35FN4O3/c1-18(29-2)26(33)31-25(19-7-4-3-5-8-19)27(34)32-16-6-9-24(32)23-17-22(14-15-30-23)35-21-12-10-20(28)11-13-21/h10-15,17-19,24-25,29H,3-9,16H2,1-2H3,(H,31,33)/t18?,24-,25?/m0/s1. The Morgan fingerprint density at radius 1 is 1.06 bits per heavy atom. The number of likely N-dealkylation sites (tertiary alicyclic amines) is 1. The summed E-state index contributed by atoms with van der Waals surface area (Å²) in [6, 6.07) is 8.36. The molecule has 2 fully saturated rings. The van der Waals surface area contributed by atoms with Crippen molar-refractivity contribution in [2.75, 3.05) is 13.6 Å². The van der Waals surface area contributed by atoms with Crippen LogP contribution in [-0.2, 0) is 9.59 Å². The molecule has 0 spiro atoms. The number of pyridine rings is 1. The number of carbonyl (C=O) groups is 2. The predicted molar refractivity (Wildman–Crippen MR) is 131 cm³/mol. The quantitative estimate of drug-likeness (QED) is 0.585. The van der Waals surface area contributed by atoms with Gasteiger partial charge in [0.25, 0.3) is 0 Å². The molecule has 1 aromatic heterocycles. The minimum absolute atomic E-state index is 0.0253. The van der Waals surface area contributed by atoms with Gasteiger partial charge >= 0.3 is 0 Å². The Bertz CT molecular complexity index is 1010. The number of nitrogens with one attached hydrogen (secondary N) is 2. The van der Waals surface area contributed by atoms with Gasteiger partial charge in [-0.05, 0) is 75.9 Å². The van der Waals surface area contributed by atoms with E-state index in [2.05, 4.69) is 15.6 Å². The second-order valence-electron chi connectivity index (χ2n) is 9.56. The summed E-state index contributed by atoms with van der Waals surface area (Å²) in [6.45, 7) is 2.43. The van der Waals surface area contributed by atoms with E-state index >= 15 is 0 Å². The fraction of sp³-hybridized carbons (Fsp3) is 0.519. The van der Waals surface area contributed by atoms with Gasteiger partial charge in [-0.2, -0.15) is 0 Å². The first kappa shape index (κ1) is 25.1. The van der Waals surface area contributed by atoms with Crippen molar-refractivity contribution in [3.8, 4) is 11.5 Å². The van der Waals surface area contributed by atoms with Gasteiger partial charge in [0.1, 0.15) is 23.4 Å². The molecule has 2 aliphatic rings. The number of ether oxygens (including phenoxy) is 1. The second-order valence-corrected chi connectivity index (χ2v) is 9.56. The van der Waals surface area contributed by atoms with Crippen LogP contribution in [0.15, 0.2) is 42.6 Å². The fourth-order valence-electron chi connectivity index (χ4n) is 5.09. The van der Waals surface area contributed by atoms with Crippen molar-refractivity contribution in [2.24, 2.45) is 5.92 Å². The number of benzene rings is 1. The topological polar surface area (TPSA) is 83.6 Å². The van der Waals surface area contributed by atoms with Crippen LogP contribution < -0.4 is 15.4 Å². The number of likely N-dealkylation sites (N-methyl/N-ethyl adjacent to an activating group) is 1. The molecule has 0 bridgehead atoms. The molecule has 188 valence electrons. The average molecular weight is 483 g/mol. The van der Waals surface area contributed by atoms with Gasteiger partial charge in [-0.25, -0.2) is 4.39 Å². The van der Waals surface area contributed by atoms with E-state index in [0.29, 0.717) is 18.0 Å². The lowest BCUT2D eigenvalue weighted by atomic mass is 9.83. The first-order chi connectivity index (χ1) is 17.0. The highest BCUT2D eigenvalue weighted by Crippen LogP contribution is 2.35. The molecule has 1 saturated heterocycles. The maximum Gasteiger partial charge on any atom is 0.246 e. The highest BCUT2D eigenvalue weighted by Gasteiger charge is 2.39. The molecule has 3 atom stereocenters. The average Bonchev–Trinajstić information content (AvgIpc) is 3.38. The molecule has 1 aromatic carbocycles. The van der Waals surface area contributed by atoms with Gasteiger partial charge in [0.05, 0.1) is 17.8 Å². The van der Waals surface area contributed by atoms with Crippen LogP contribution in [0.25, 0.3) is 0 Å². The van der Waals surface area contributed by atoms with Crippen molar-refractivity contribution < 1.29 is 18.7 Å². The van der Waals surface area contributed by atoms with Crippen LogP contribution >= 0.6 is 0 Å². The number of aromatic nitrogens is 1. The molecule has 4 rings (SSSR count). The van der Waals surface area contributed by atoms with Crippen LogP contribution in [0.3, 0.4) is 0 Å². The molecule has 0 radical (unpaired) electrons. The van der Waals surface area contributed by atoms with E-state index in [1.54, 1.807) is 38.4 Å². The first-order valence-corrected chi connectivity index (χ1v) is 12.6. The summed E-state index contributed by atoms with van der Waals surface area (Å²) in [5, 5.41) is 6.03. The molecular weight excluding hydrogens is 447 g/mol. The lowest BCUT2D eigenvalue weighted by molar-refractivity contribution is -0.139. The molecular formula is C27H35FN4O3. The van der Waals surface area contributed by atoms with E-state index in [1.165, 1.54) is 18.6 Å². The fourth-order valence-corrected chi connectivity index (χ4v) is 5.09. The molecule has 2 N–H and O–H groups in total. The number of amides is 2. The van der Waals surface area contributed by atoms with E-state index in [-0.39, 0.29) is 35.6 Å². The third-order valence-corrected chi connectivity index (χ3v) is 7.19. The van der Waals surface area contributed by atoms with E-state index in [1.807, 2.05) is 11.0 Å². The van der Waals surface area contributed by atoms with Crippen LogP contribution in [0.1, 0.15) is 63.6 Å². The molecule has 7 nitrogen and oxygen atoms in total. The van der Waals surface area contributed by atoms with Crippen LogP contribution in [0, 0.1) is 11.7 Å². The Morgan fingerprint density at radius 2 is 1.80 bits per heavy atom.